The molecule has 1 aliphatic rings. The molecule has 0 unspecified atom stereocenters. The molecule has 0 aliphatic carbocycles. The van der Waals surface area contributed by atoms with Gasteiger partial charge in [0.15, 0.2) is 0 Å². The lowest BCUT2D eigenvalue weighted by atomic mass is 10.1. The van der Waals surface area contributed by atoms with Gasteiger partial charge in [0, 0.05) is 12.2 Å². The van der Waals surface area contributed by atoms with Gasteiger partial charge in [0.1, 0.15) is 5.69 Å². The molecule has 2 rings (SSSR count). The lowest BCUT2D eigenvalue weighted by Crippen LogP contribution is -2.42. The van der Waals surface area contributed by atoms with Gasteiger partial charge >= 0.3 is 0 Å². The Bertz CT molecular complexity index is 295. The second-order valence-corrected chi connectivity index (χ2v) is 3.46. The van der Waals surface area contributed by atoms with Crippen LogP contribution in [0.1, 0.15) is 23.3 Å². The SMILES string of the molecule is Cl.O=C(NC1CCNCC1)c1cc[nH]n1. The van der Waals surface area contributed by atoms with Gasteiger partial charge in [0.2, 0.25) is 0 Å². The van der Waals surface area contributed by atoms with Gasteiger partial charge in [-0.05, 0) is 32.0 Å². The standard InChI is InChI=1S/C9H14N4O.ClH/c14-9(8-3-6-11-13-8)12-7-1-4-10-5-2-7;/h3,6-7,10H,1-2,4-5H2,(H,11,13)(H,12,14);1H. The van der Waals surface area contributed by atoms with E-state index in [1.54, 1.807) is 12.3 Å². The fourth-order valence-corrected chi connectivity index (χ4v) is 1.61. The summed E-state index contributed by atoms with van der Waals surface area (Å²) in [6, 6.07) is 1.97. The number of nitrogens with one attached hydrogen (secondary N) is 3. The van der Waals surface area contributed by atoms with Gasteiger partial charge in [-0.3, -0.25) is 9.89 Å². The molecule has 0 atom stereocenters. The van der Waals surface area contributed by atoms with E-state index in [1.165, 1.54) is 0 Å². The van der Waals surface area contributed by atoms with Crippen LogP contribution < -0.4 is 10.6 Å². The average Bonchev–Trinajstić information content (AvgIpc) is 2.72. The van der Waals surface area contributed by atoms with E-state index in [0.29, 0.717) is 11.7 Å². The summed E-state index contributed by atoms with van der Waals surface area (Å²) in [5.41, 5.74) is 0.462. The number of halogens is 1. The Balaban J connectivity index is 0.00000112. The highest BCUT2D eigenvalue weighted by Gasteiger charge is 2.16. The van der Waals surface area contributed by atoms with Crippen LogP contribution in [0, 0.1) is 0 Å². The van der Waals surface area contributed by atoms with E-state index in [4.69, 9.17) is 0 Å². The molecule has 1 amide bonds. The Morgan fingerprint density at radius 3 is 2.80 bits per heavy atom. The number of rotatable bonds is 2. The molecular formula is C9H15ClN4O. The largest absolute Gasteiger partial charge is 0.348 e. The van der Waals surface area contributed by atoms with Crippen molar-refractivity contribution < 1.29 is 4.79 Å². The van der Waals surface area contributed by atoms with Crippen LogP contribution in [-0.2, 0) is 0 Å². The van der Waals surface area contributed by atoms with Crippen molar-refractivity contribution in [3.63, 3.8) is 0 Å². The van der Waals surface area contributed by atoms with Crippen molar-refractivity contribution in [2.75, 3.05) is 13.1 Å². The minimum absolute atomic E-state index is 0. The molecule has 1 saturated heterocycles. The monoisotopic (exact) mass is 230 g/mol. The molecule has 2 heterocycles. The summed E-state index contributed by atoms with van der Waals surface area (Å²) >= 11 is 0. The van der Waals surface area contributed by atoms with Gasteiger partial charge in [0.05, 0.1) is 0 Å². The van der Waals surface area contributed by atoms with E-state index in [9.17, 15) is 4.79 Å². The van der Waals surface area contributed by atoms with Crippen molar-refractivity contribution in [1.29, 1.82) is 0 Å². The van der Waals surface area contributed by atoms with Crippen LogP contribution in [0.15, 0.2) is 12.3 Å². The zero-order valence-electron chi connectivity index (χ0n) is 8.32. The van der Waals surface area contributed by atoms with Crippen LogP contribution in [0.5, 0.6) is 0 Å². The molecule has 84 valence electrons. The Kier molecular flexibility index (Phi) is 4.58. The average molecular weight is 231 g/mol. The van der Waals surface area contributed by atoms with Crippen molar-refractivity contribution >= 4 is 18.3 Å². The third-order valence-corrected chi connectivity index (χ3v) is 2.41. The summed E-state index contributed by atoms with van der Waals surface area (Å²) in [6.07, 6.45) is 3.64. The molecule has 1 aromatic heterocycles. The second-order valence-electron chi connectivity index (χ2n) is 3.46. The Morgan fingerprint density at radius 1 is 1.47 bits per heavy atom. The maximum absolute atomic E-state index is 11.6. The summed E-state index contributed by atoms with van der Waals surface area (Å²) in [4.78, 5) is 11.6. The van der Waals surface area contributed by atoms with Crippen LogP contribution in [0.2, 0.25) is 0 Å². The molecule has 0 saturated carbocycles. The topological polar surface area (TPSA) is 69.8 Å². The van der Waals surface area contributed by atoms with Crippen LogP contribution in [0.3, 0.4) is 0 Å². The van der Waals surface area contributed by atoms with Crippen molar-refractivity contribution in [3.05, 3.63) is 18.0 Å². The van der Waals surface area contributed by atoms with Crippen LogP contribution >= 0.6 is 12.4 Å². The molecule has 15 heavy (non-hydrogen) atoms. The molecule has 1 fully saturated rings. The van der Waals surface area contributed by atoms with Gasteiger partial charge < -0.3 is 10.6 Å². The summed E-state index contributed by atoms with van der Waals surface area (Å²) in [6.45, 7) is 1.96. The first-order chi connectivity index (χ1) is 6.86. The molecule has 3 N–H and O–H groups in total. The minimum Gasteiger partial charge on any atom is -0.348 e. The molecule has 1 aliphatic heterocycles. The zero-order valence-corrected chi connectivity index (χ0v) is 9.14. The number of nitrogens with zero attached hydrogens (tertiary/aromatic N) is 1. The van der Waals surface area contributed by atoms with Gasteiger partial charge in [0.25, 0.3) is 5.91 Å². The third kappa shape index (κ3) is 3.21. The molecule has 6 heteroatoms. The first-order valence-electron chi connectivity index (χ1n) is 4.87. The van der Waals surface area contributed by atoms with Gasteiger partial charge in [-0.15, -0.1) is 12.4 Å². The molecule has 0 aromatic carbocycles. The van der Waals surface area contributed by atoms with Crippen LogP contribution in [-0.4, -0.2) is 35.2 Å². The quantitative estimate of drug-likeness (QED) is 0.685. The summed E-state index contributed by atoms with van der Waals surface area (Å²) in [7, 11) is 0. The zero-order chi connectivity index (χ0) is 9.80. The maximum atomic E-state index is 11.6. The van der Waals surface area contributed by atoms with Crippen molar-refractivity contribution in [2.24, 2.45) is 0 Å². The normalized spacial score (nSPS) is 16.8. The lowest BCUT2D eigenvalue weighted by Gasteiger charge is -2.23. The lowest BCUT2D eigenvalue weighted by molar-refractivity contribution is 0.0924. The first kappa shape index (κ1) is 12.0. The van der Waals surface area contributed by atoms with Crippen LogP contribution in [0.25, 0.3) is 0 Å². The highest BCUT2D eigenvalue weighted by Crippen LogP contribution is 2.03. The van der Waals surface area contributed by atoms with Crippen molar-refractivity contribution in [1.82, 2.24) is 20.8 Å². The van der Waals surface area contributed by atoms with E-state index in [2.05, 4.69) is 20.8 Å². The van der Waals surface area contributed by atoms with E-state index in [0.717, 1.165) is 25.9 Å². The molecule has 5 nitrogen and oxygen atoms in total. The predicted octanol–water partition coefficient (Wildman–Crippen LogP) is 0.313. The Hall–Kier alpha value is -1.07. The van der Waals surface area contributed by atoms with Crippen molar-refractivity contribution in [3.8, 4) is 0 Å². The fraction of sp³-hybridized carbons (Fsp3) is 0.556. The van der Waals surface area contributed by atoms with E-state index >= 15 is 0 Å². The Morgan fingerprint density at radius 2 is 2.20 bits per heavy atom. The highest BCUT2D eigenvalue weighted by atomic mass is 35.5. The number of carbonyl (C=O) groups excluding carboxylic acids is 1. The maximum Gasteiger partial charge on any atom is 0.271 e. The number of aromatic nitrogens is 2. The number of H-pyrrole nitrogens is 1. The number of hydrogen-bond acceptors (Lipinski definition) is 3. The number of aromatic amines is 1. The van der Waals surface area contributed by atoms with E-state index < -0.39 is 0 Å². The third-order valence-electron chi connectivity index (χ3n) is 2.41. The molecule has 0 bridgehead atoms. The van der Waals surface area contributed by atoms with E-state index in [1.807, 2.05) is 0 Å². The van der Waals surface area contributed by atoms with Gasteiger partial charge in [-0.2, -0.15) is 5.10 Å². The minimum atomic E-state index is -0.0850. The number of piperidine rings is 1. The summed E-state index contributed by atoms with van der Waals surface area (Å²) in [5, 5.41) is 12.7. The molecule has 0 spiro atoms. The Labute approximate surface area is 94.4 Å². The molecule has 1 aromatic rings. The number of amides is 1. The number of hydrogen-bond donors (Lipinski definition) is 3. The van der Waals surface area contributed by atoms with E-state index in [-0.39, 0.29) is 18.3 Å². The predicted molar refractivity (Wildman–Crippen MR) is 59.2 cm³/mol. The fourth-order valence-electron chi connectivity index (χ4n) is 1.61. The smallest absolute Gasteiger partial charge is 0.271 e. The van der Waals surface area contributed by atoms with Gasteiger partial charge in [-0.1, -0.05) is 0 Å². The highest BCUT2D eigenvalue weighted by molar-refractivity contribution is 5.92. The second kappa shape index (κ2) is 5.72. The first-order valence-corrected chi connectivity index (χ1v) is 4.87. The van der Waals surface area contributed by atoms with Gasteiger partial charge in [-0.25, -0.2) is 0 Å². The molecular weight excluding hydrogens is 216 g/mol. The molecule has 0 radical (unpaired) electrons. The summed E-state index contributed by atoms with van der Waals surface area (Å²) < 4.78 is 0. The summed E-state index contributed by atoms with van der Waals surface area (Å²) in [5.74, 6) is -0.0850. The number of carbonyl (C=O) groups is 1. The van der Waals surface area contributed by atoms with Crippen LogP contribution in [0.4, 0.5) is 0 Å². The van der Waals surface area contributed by atoms with Crippen molar-refractivity contribution in [2.45, 2.75) is 18.9 Å².